The van der Waals surface area contributed by atoms with Gasteiger partial charge in [-0.3, -0.25) is 0 Å². The molecular formula is C27H24O18. The minimum absolute atomic E-state index is 0.597. The Bertz CT molecular complexity index is 1580. The summed E-state index contributed by atoms with van der Waals surface area (Å²) in [5, 5.41) is 108. The van der Waals surface area contributed by atoms with Crippen molar-refractivity contribution in [3.8, 4) is 51.7 Å². The highest BCUT2D eigenvalue weighted by molar-refractivity contribution is 5.93. The first-order valence-corrected chi connectivity index (χ1v) is 12.4. The largest absolute Gasteiger partial charge is 0.504 e. The van der Waals surface area contributed by atoms with Gasteiger partial charge in [-0.05, 0) is 36.4 Å². The van der Waals surface area contributed by atoms with Crippen LogP contribution in [0.3, 0.4) is 0 Å². The van der Waals surface area contributed by atoms with Crippen LogP contribution in [0.2, 0.25) is 0 Å². The Morgan fingerprint density at radius 3 is 1.20 bits per heavy atom. The molecule has 0 spiro atoms. The Hall–Kier alpha value is -5.85. The number of phenols is 9. The molecule has 0 amide bonds. The SMILES string of the molecule is O=C(O[C@H]1O[C@H](CO)[C@@H](O)[C@H](OC(=O)c2cc(O)c(O)c(O)c2)[C@H]1OC(=O)c1cc(O)c(O)c(O)c1)c1cc(O)c(O)c(O)c1. The molecule has 240 valence electrons. The summed E-state index contributed by atoms with van der Waals surface area (Å²) in [7, 11) is 0. The van der Waals surface area contributed by atoms with Gasteiger partial charge in [0.1, 0.15) is 12.2 Å². The number of carbonyl (C=O) groups is 3. The molecule has 0 unspecified atom stereocenters. The number of hydrogen-bond donors (Lipinski definition) is 11. The molecule has 3 aromatic carbocycles. The predicted molar refractivity (Wildman–Crippen MR) is 140 cm³/mol. The van der Waals surface area contributed by atoms with Crippen LogP contribution in [0.5, 0.6) is 51.7 Å². The van der Waals surface area contributed by atoms with Crippen molar-refractivity contribution < 1.29 is 89.5 Å². The average molecular weight is 636 g/mol. The molecule has 0 aromatic heterocycles. The van der Waals surface area contributed by atoms with Crippen LogP contribution in [-0.4, -0.2) is 111 Å². The maximum Gasteiger partial charge on any atom is 0.340 e. The lowest BCUT2D eigenvalue weighted by Crippen LogP contribution is -2.62. The summed E-state index contributed by atoms with van der Waals surface area (Å²) in [4.78, 5) is 39.0. The maximum absolute atomic E-state index is 13.1. The van der Waals surface area contributed by atoms with Gasteiger partial charge in [0.2, 0.25) is 12.4 Å². The van der Waals surface area contributed by atoms with Crippen LogP contribution in [0.25, 0.3) is 0 Å². The molecule has 4 rings (SSSR count). The van der Waals surface area contributed by atoms with Gasteiger partial charge >= 0.3 is 17.9 Å². The Balaban J connectivity index is 1.74. The summed E-state index contributed by atoms with van der Waals surface area (Å²) in [5.41, 5.74) is -1.83. The molecule has 3 aromatic rings. The summed E-state index contributed by atoms with van der Waals surface area (Å²) in [6.45, 7) is -1.01. The van der Waals surface area contributed by atoms with Crippen molar-refractivity contribution >= 4 is 17.9 Å². The number of aliphatic hydroxyl groups is 2. The molecule has 1 fully saturated rings. The first-order valence-electron chi connectivity index (χ1n) is 12.4. The number of rotatable bonds is 7. The topological polar surface area (TPSA) is 311 Å². The van der Waals surface area contributed by atoms with Crippen molar-refractivity contribution in [1.82, 2.24) is 0 Å². The molecule has 0 bridgehead atoms. The lowest BCUT2D eigenvalue weighted by Gasteiger charge is -2.42. The number of aromatic hydroxyl groups is 9. The third-order valence-corrected chi connectivity index (χ3v) is 6.42. The van der Waals surface area contributed by atoms with Gasteiger partial charge in [0.15, 0.2) is 57.8 Å². The molecule has 18 nitrogen and oxygen atoms in total. The van der Waals surface area contributed by atoms with Crippen molar-refractivity contribution in [3.63, 3.8) is 0 Å². The molecule has 18 heteroatoms. The van der Waals surface area contributed by atoms with E-state index < -0.39 is 124 Å². The molecule has 11 N–H and O–H groups in total. The second kappa shape index (κ2) is 12.4. The molecule has 0 radical (unpaired) electrons. The van der Waals surface area contributed by atoms with E-state index in [1.165, 1.54) is 0 Å². The molecule has 1 heterocycles. The number of esters is 3. The highest BCUT2D eigenvalue weighted by Gasteiger charge is 2.52. The minimum atomic E-state index is -2.17. The summed E-state index contributed by atoms with van der Waals surface area (Å²) in [6, 6.07) is 3.97. The Kier molecular flexibility index (Phi) is 8.84. The third-order valence-electron chi connectivity index (χ3n) is 6.42. The van der Waals surface area contributed by atoms with E-state index in [2.05, 4.69) is 0 Å². The fourth-order valence-corrected chi connectivity index (χ4v) is 4.12. The smallest absolute Gasteiger partial charge is 0.340 e. The van der Waals surface area contributed by atoms with E-state index >= 15 is 0 Å². The monoisotopic (exact) mass is 636 g/mol. The zero-order chi connectivity index (χ0) is 33.3. The number of ether oxygens (including phenoxy) is 4. The van der Waals surface area contributed by atoms with Gasteiger partial charge < -0.3 is 75.1 Å². The predicted octanol–water partition coefficient (Wildman–Crippen LogP) is -0.277. The number of hydrogen-bond acceptors (Lipinski definition) is 18. The fourth-order valence-electron chi connectivity index (χ4n) is 4.12. The quantitative estimate of drug-likeness (QED) is 0.0902. The number of carbonyl (C=O) groups excluding carboxylic acids is 3. The lowest BCUT2D eigenvalue weighted by atomic mass is 9.98. The highest BCUT2D eigenvalue weighted by Crippen LogP contribution is 2.39. The molecular weight excluding hydrogens is 612 g/mol. The lowest BCUT2D eigenvalue weighted by molar-refractivity contribution is -0.283. The standard InChI is InChI=1S/C27H24O18/c28-7-17-21(38)22(43-24(39)8-1-11(29)18(35)12(30)2-8)23(44-25(40)9-3-13(31)19(36)14(32)4-9)27(42-17)45-26(41)10-5-15(33)20(37)16(34)6-10/h1-6,17,21-23,27-38H,7H2/t17-,21-,22+,23-,27-/m1/s1. The van der Waals surface area contributed by atoms with E-state index in [-0.39, 0.29) is 0 Å². The van der Waals surface area contributed by atoms with E-state index in [1.54, 1.807) is 0 Å². The van der Waals surface area contributed by atoms with Crippen molar-refractivity contribution in [2.75, 3.05) is 6.61 Å². The minimum Gasteiger partial charge on any atom is -0.504 e. The van der Waals surface area contributed by atoms with Crippen LogP contribution in [0.4, 0.5) is 0 Å². The zero-order valence-corrected chi connectivity index (χ0v) is 22.3. The van der Waals surface area contributed by atoms with Crippen molar-refractivity contribution in [1.29, 1.82) is 0 Å². The number of aliphatic hydroxyl groups excluding tert-OH is 2. The number of benzene rings is 3. The van der Waals surface area contributed by atoms with Gasteiger partial charge in [0.25, 0.3) is 0 Å². The fraction of sp³-hybridized carbons (Fsp3) is 0.222. The molecule has 0 saturated carbocycles. The van der Waals surface area contributed by atoms with Crippen molar-refractivity contribution in [2.45, 2.75) is 30.7 Å². The van der Waals surface area contributed by atoms with E-state index in [0.717, 1.165) is 0 Å². The normalized spacial score (nSPS) is 21.1. The molecule has 1 aliphatic heterocycles. The van der Waals surface area contributed by atoms with Crippen LogP contribution < -0.4 is 0 Å². The van der Waals surface area contributed by atoms with Crippen LogP contribution in [0.15, 0.2) is 36.4 Å². The summed E-state index contributed by atoms with van der Waals surface area (Å²) < 4.78 is 21.1. The highest BCUT2D eigenvalue weighted by atomic mass is 16.7. The van der Waals surface area contributed by atoms with Gasteiger partial charge in [-0.1, -0.05) is 0 Å². The third kappa shape index (κ3) is 6.42. The molecule has 0 aliphatic carbocycles. The zero-order valence-electron chi connectivity index (χ0n) is 22.3. The van der Waals surface area contributed by atoms with Crippen LogP contribution in [-0.2, 0) is 18.9 Å². The van der Waals surface area contributed by atoms with Crippen LogP contribution in [0.1, 0.15) is 31.1 Å². The Morgan fingerprint density at radius 1 is 0.556 bits per heavy atom. The van der Waals surface area contributed by atoms with E-state index in [1.807, 2.05) is 0 Å². The first-order chi connectivity index (χ1) is 21.1. The van der Waals surface area contributed by atoms with E-state index in [0.29, 0.717) is 36.4 Å². The summed E-state index contributed by atoms with van der Waals surface area (Å²) in [6.07, 6.45) is -10.2. The first kappa shape index (κ1) is 32.1. The molecule has 5 atom stereocenters. The second-order valence-corrected chi connectivity index (χ2v) is 9.45. The molecule has 1 aliphatic rings. The molecule has 1 saturated heterocycles. The average Bonchev–Trinajstić information content (AvgIpc) is 2.99. The van der Waals surface area contributed by atoms with Crippen LogP contribution in [0, 0.1) is 0 Å². The Labute approximate surface area is 249 Å². The van der Waals surface area contributed by atoms with E-state index in [4.69, 9.17) is 18.9 Å². The Morgan fingerprint density at radius 2 is 0.867 bits per heavy atom. The number of phenolic OH excluding ortho intramolecular Hbond substituents is 9. The van der Waals surface area contributed by atoms with Crippen molar-refractivity contribution in [3.05, 3.63) is 53.1 Å². The molecule has 45 heavy (non-hydrogen) atoms. The van der Waals surface area contributed by atoms with E-state index in [9.17, 15) is 70.6 Å². The van der Waals surface area contributed by atoms with Gasteiger partial charge in [0, 0.05) is 0 Å². The van der Waals surface area contributed by atoms with Crippen LogP contribution >= 0.6 is 0 Å². The van der Waals surface area contributed by atoms with Gasteiger partial charge in [-0.25, -0.2) is 14.4 Å². The van der Waals surface area contributed by atoms with Gasteiger partial charge in [-0.15, -0.1) is 0 Å². The van der Waals surface area contributed by atoms with Crippen molar-refractivity contribution in [2.24, 2.45) is 0 Å². The summed E-state index contributed by atoms with van der Waals surface area (Å²) >= 11 is 0. The summed E-state index contributed by atoms with van der Waals surface area (Å²) in [5.74, 6) is -13.0. The maximum atomic E-state index is 13.1. The van der Waals surface area contributed by atoms with Gasteiger partial charge in [-0.2, -0.15) is 0 Å². The van der Waals surface area contributed by atoms with Gasteiger partial charge in [0.05, 0.1) is 23.3 Å². The second-order valence-electron chi connectivity index (χ2n) is 9.45.